The minimum absolute atomic E-state index is 0.0450. The molecule has 0 N–H and O–H groups in total. The van der Waals surface area contributed by atoms with Crippen LogP contribution in [0, 0.1) is 0 Å². The van der Waals surface area contributed by atoms with Crippen molar-refractivity contribution in [2.24, 2.45) is 0 Å². The highest BCUT2D eigenvalue weighted by molar-refractivity contribution is 6.07. The first kappa shape index (κ1) is 12.6. The molecule has 18 heavy (non-hydrogen) atoms. The number of benzene rings is 1. The van der Waals surface area contributed by atoms with Gasteiger partial charge in [0.1, 0.15) is 5.69 Å². The first-order valence-corrected chi connectivity index (χ1v) is 6.41. The molecular weight excluding hydrogens is 224 g/mol. The quantitative estimate of drug-likeness (QED) is 0.755. The predicted octanol–water partition coefficient (Wildman–Crippen LogP) is 3.09. The van der Waals surface area contributed by atoms with E-state index >= 15 is 0 Å². The van der Waals surface area contributed by atoms with Gasteiger partial charge in [0.25, 0.3) is 0 Å². The average molecular weight is 242 g/mol. The van der Waals surface area contributed by atoms with E-state index in [-0.39, 0.29) is 5.78 Å². The number of hydrogen-bond donors (Lipinski definition) is 0. The molecule has 0 unspecified atom stereocenters. The van der Waals surface area contributed by atoms with Gasteiger partial charge < -0.3 is 0 Å². The molecule has 1 aromatic heterocycles. The number of nitrogens with zero attached hydrogens (tertiary/aromatic N) is 2. The van der Waals surface area contributed by atoms with Gasteiger partial charge in [0.2, 0.25) is 5.78 Å². The number of carbonyl (C=O) groups is 1. The molecule has 0 spiro atoms. The van der Waals surface area contributed by atoms with Gasteiger partial charge in [0.05, 0.1) is 0 Å². The lowest BCUT2D eigenvalue weighted by Gasteiger charge is -2.05. The highest BCUT2D eigenvalue weighted by atomic mass is 16.1. The van der Waals surface area contributed by atoms with E-state index < -0.39 is 0 Å². The summed E-state index contributed by atoms with van der Waals surface area (Å²) in [7, 11) is 0. The molecular formula is C15H18N2O. The summed E-state index contributed by atoms with van der Waals surface area (Å²) in [5.74, 6) is 0.0450. The van der Waals surface area contributed by atoms with E-state index in [9.17, 15) is 4.79 Å². The van der Waals surface area contributed by atoms with Crippen molar-refractivity contribution >= 4 is 5.78 Å². The van der Waals surface area contributed by atoms with Gasteiger partial charge in [-0.1, -0.05) is 38.1 Å². The van der Waals surface area contributed by atoms with E-state index in [1.54, 1.807) is 16.9 Å². The number of aromatic nitrogens is 2. The first-order valence-electron chi connectivity index (χ1n) is 6.41. The molecule has 3 nitrogen and oxygen atoms in total. The van der Waals surface area contributed by atoms with Gasteiger partial charge >= 0.3 is 0 Å². The van der Waals surface area contributed by atoms with E-state index in [2.05, 4.69) is 18.9 Å². The fourth-order valence-corrected chi connectivity index (χ4v) is 1.96. The lowest BCUT2D eigenvalue weighted by Crippen LogP contribution is -2.11. The van der Waals surface area contributed by atoms with Crippen LogP contribution in [-0.2, 0) is 13.0 Å². The molecule has 1 heterocycles. The van der Waals surface area contributed by atoms with Crippen LogP contribution in [0.15, 0.2) is 36.5 Å². The average Bonchev–Trinajstić information content (AvgIpc) is 2.87. The number of ketones is 1. The van der Waals surface area contributed by atoms with Gasteiger partial charge in [-0.05, 0) is 24.5 Å². The molecule has 1 aromatic carbocycles. The molecule has 0 amide bonds. The Hall–Kier alpha value is -1.90. The second-order valence-corrected chi connectivity index (χ2v) is 4.32. The zero-order valence-electron chi connectivity index (χ0n) is 10.9. The molecule has 0 radical (unpaired) electrons. The molecule has 2 rings (SSSR count). The van der Waals surface area contributed by atoms with Crippen molar-refractivity contribution in [1.82, 2.24) is 9.78 Å². The summed E-state index contributed by atoms with van der Waals surface area (Å²) in [6.07, 6.45) is 3.64. The molecule has 0 aliphatic heterocycles. The molecule has 0 atom stereocenters. The van der Waals surface area contributed by atoms with Gasteiger partial charge in [-0.3, -0.25) is 9.48 Å². The summed E-state index contributed by atoms with van der Waals surface area (Å²) in [5, 5.41) is 4.18. The van der Waals surface area contributed by atoms with Crippen molar-refractivity contribution < 1.29 is 4.79 Å². The number of carbonyl (C=O) groups excluding carboxylic acids is 1. The standard InChI is InChI=1S/C15H18N2O/c1-3-11-17-14(9-10-16-17)15(18)13-7-5-12(4-2)6-8-13/h5-10H,3-4,11H2,1-2H3. The Morgan fingerprint density at radius 2 is 1.89 bits per heavy atom. The lowest BCUT2D eigenvalue weighted by molar-refractivity contribution is 0.102. The van der Waals surface area contributed by atoms with Gasteiger partial charge in [-0.15, -0.1) is 0 Å². The smallest absolute Gasteiger partial charge is 0.211 e. The van der Waals surface area contributed by atoms with E-state index in [1.165, 1.54) is 5.56 Å². The van der Waals surface area contributed by atoms with Crippen molar-refractivity contribution in [2.75, 3.05) is 0 Å². The Balaban J connectivity index is 2.26. The molecule has 94 valence electrons. The minimum atomic E-state index is 0.0450. The van der Waals surface area contributed by atoms with Crippen molar-refractivity contribution in [3.05, 3.63) is 53.3 Å². The third kappa shape index (κ3) is 2.50. The zero-order valence-corrected chi connectivity index (χ0v) is 10.9. The number of hydrogen-bond acceptors (Lipinski definition) is 2. The maximum Gasteiger partial charge on any atom is 0.211 e. The topological polar surface area (TPSA) is 34.9 Å². The highest BCUT2D eigenvalue weighted by Crippen LogP contribution is 2.11. The molecule has 0 fully saturated rings. The molecule has 0 saturated heterocycles. The molecule has 0 bridgehead atoms. The normalized spacial score (nSPS) is 10.6. The van der Waals surface area contributed by atoms with Crippen molar-refractivity contribution in [3.63, 3.8) is 0 Å². The lowest BCUT2D eigenvalue weighted by atomic mass is 10.0. The molecule has 0 aliphatic carbocycles. The van der Waals surface area contributed by atoms with Crippen LogP contribution < -0.4 is 0 Å². The van der Waals surface area contributed by atoms with E-state index in [1.807, 2.05) is 24.3 Å². The predicted molar refractivity (Wildman–Crippen MR) is 71.8 cm³/mol. The maximum atomic E-state index is 12.3. The maximum absolute atomic E-state index is 12.3. The van der Waals surface area contributed by atoms with Gasteiger partial charge in [-0.25, -0.2) is 0 Å². The number of rotatable bonds is 5. The summed E-state index contributed by atoms with van der Waals surface area (Å²) in [6, 6.07) is 9.59. The minimum Gasteiger partial charge on any atom is -0.287 e. The molecule has 0 saturated carbocycles. The largest absolute Gasteiger partial charge is 0.287 e. The van der Waals surface area contributed by atoms with Crippen LogP contribution in [0.3, 0.4) is 0 Å². The Kier molecular flexibility index (Phi) is 3.92. The summed E-state index contributed by atoms with van der Waals surface area (Å²) < 4.78 is 1.77. The fourth-order valence-electron chi connectivity index (χ4n) is 1.96. The number of aryl methyl sites for hydroxylation is 2. The van der Waals surface area contributed by atoms with E-state index in [0.29, 0.717) is 5.69 Å². The Bertz CT molecular complexity index is 526. The highest BCUT2D eigenvalue weighted by Gasteiger charge is 2.13. The Labute approximate surface area is 107 Å². The van der Waals surface area contributed by atoms with Crippen LogP contribution in [0.2, 0.25) is 0 Å². The van der Waals surface area contributed by atoms with Crippen LogP contribution in [0.5, 0.6) is 0 Å². The summed E-state index contributed by atoms with van der Waals surface area (Å²) >= 11 is 0. The summed E-state index contributed by atoms with van der Waals surface area (Å²) in [6.45, 7) is 4.96. The monoisotopic (exact) mass is 242 g/mol. The van der Waals surface area contributed by atoms with E-state index in [0.717, 1.165) is 24.9 Å². The van der Waals surface area contributed by atoms with Crippen molar-refractivity contribution in [3.8, 4) is 0 Å². The SMILES string of the molecule is CCCn1nccc1C(=O)c1ccc(CC)cc1. The third-order valence-corrected chi connectivity index (χ3v) is 3.01. The van der Waals surface area contributed by atoms with Crippen LogP contribution in [0.1, 0.15) is 41.9 Å². The fraction of sp³-hybridized carbons (Fsp3) is 0.333. The van der Waals surface area contributed by atoms with Crippen LogP contribution in [-0.4, -0.2) is 15.6 Å². The Morgan fingerprint density at radius 3 is 2.50 bits per heavy atom. The molecule has 3 heteroatoms. The summed E-state index contributed by atoms with van der Waals surface area (Å²) in [4.78, 5) is 12.3. The molecule has 0 aliphatic rings. The Morgan fingerprint density at radius 1 is 1.17 bits per heavy atom. The zero-order chi connectivity index (χ0) is 13.0. The first-order chi connectivity index (χ1) is 8.76. The van der Waals surface area contributed by atoms with Gasteiger partial charge in [0, 0.05) is 18.3 Å². The summed E-state index contributed by atoms with van der Waals surface area (Å²) in [5.41, 5.74) is 2.64. The van der Waals surface area contributed by atoms with Crippen molar-refractivity contribution in [2.45, 2.75) is 33.2 Å². The second-order valence-electron chi connectivity index (χ2n) is 4.32. The van der Waals surface area contributed by atoms with Gasteiger partial charge in [-0.2, -0.15) is 5.10 Å². The van der Waals surface area contributed by atoms with Crippen LogP contribution in [0.4, 0.5) is 0 Å². The second kappa shape index (κ2) is 5.63. The van der Waals surface area contributed by atoms with E-state index in [4.69, 9.17) is 0 Å². The van der Waals surface area contributed by atoms with Crippen LogP contribution in [0.25, 0.3) is 0 Å². The van der Waals surface area contributed by atoms with Crippen molar-refractivity contribution in [1.29, 1.82) is 0 Å². The van der Waals surface area contributed by atoms with Gasteiger partial charge in [0.15, 0.2) is 0 Å². The van der Waals surface area contributed by atoms with Crippen LogP contribution >= 0.6 is 0 Å². The molecule has 2 aromatic rings. The third-order valence-electron chi connectivity index (χ3n) is 3.01.